The Morgan fingerprint density at radius 2 is 1.71 bits per heavy atom. The lowest BCUT2D eigenvalue weighted by atomic mass is 10.1. The minimum absolute atomic E-state index is 0.0445. The molecular formula is C14H18Cl2N2O2S. The van der Waals surface area contributed by atoms with E-state index in [0.29, 0.717) is 22.4 Å². The maximum atomic E-state index is 12.6. The summed E-state index contributed by atoms with van der Waals surface area (Å²) in [4.78, 5) is 0.0697. The van der Waals surface area contributed by atoms with Crippen LogP contribution in [0.3, 0.4) is 0 Å². The fourth-order valence-electron chi connectivity index (χ4n) is 2.66. The van der Waals surface area contributed by atoms with E-state index in [1.54, 1.807) is 0 Å². The summed E-state index contributed by atoms with van der Waals surface area (Å²) in [6.07, 6.45) is 4.41. The molecule has 0 saturated heterocycles. The van der Waals surface area contributed by atoms with Gasteiger partial charge in [0.15, 0.2) is 0 Å². The molecule has 2 aliphatic rings. The topological polar surface area (TPSA) is 72.2 Å². The van der Waals surface area contributed by atoms with E-state index in [1.165, 1.54) is 12.1 Å². The van der Waals surface area contributed by atoms with Crippen LogP contribution in [-0.2, 0) is 16.6 Å². The van der Waals surface area contributed by atoms with Crippen molar-refractivity contribution in [3.63, 3.8) is 0 Å². The van der Waals surface area contributed by atoms with Crippen LogP contribution in [0.1, 0.15) is 31.2 Å². The first-order valence-corrected chi connectivity index (χ1v) is 9.36. The maximum Gasteiger partial charge on any atom is 0.242 e. The van der Waals surface area contributed by atoms with Crippen LogP contribution in [0.15, 0.2) is 17.0 Å². The number of sulfonamides is 1. The highest BCUT2D eigenvalue weighted by molar-refractivity contribution is 7.89. The van der Waals surface area contributed by atoms with E-state index in [-0.39, 0.29) is 22.5 Å². The Hall–Kier alpha value is -0.330. The van der Waals surface area contributed by atoms with Crippen LogP contribution in [-0.4, -0.2) is 14.5 Å². The van der Waals surface area contributed by atoms with Crippen LogP contribution in [0.2, 0.25) is 10.0 Å². The van der Waals surface area contributed by atoms with Gasteiger partial charge in [-0.1, -0.05) is 23.2 Å². The van der Waals surface area contributed by atoms with E-state index in [4.69, 9.17) is 28.9 Å². The smallest absolute Gasteiger partial charge is 0.242 e. The van der Waals surface area contributed by atoms with Crippen LogP contribution >= 0.6 is 23.2 Å². The first-order valence-electron chi connectivity index (χ1n) is 7.12. The molecule has 2 saturated carbocycles. The summed E-state index contributed by atoms with van der Waals surface area (Å²) >= 11 is 12.1. The molecule has 0 unspecified atom stereocenters. The maximum absolute atomic E-state index is 12.6. The highest BCUT2D eigenvalue weighted by atomic mass is 35.5. The Kier molecular flexibility index (Phi) is 4.23. The lowest BCUT2D eigenvalue weighted by molar-refractivity contribution is 0.471. The molecule has 0 bridgehead atoms. The van der Waals surface area contributed by atoms with Gasteiger partial charge in [-0.2, -0.15) is 0 Å². The number of hydrogen-bond acceptors (Lipinski definition) is 3. The van der Waals surface area contributed by atoms with Crippen molar-refractivity contribution in [3.05, 3.63) is 27.7 Å². The third kappa shape index (κ3) is 3.37. The van der Waals surface area contributed by atoms with E-state index >= 15 is 0 Å². The monoisotopic (exact) mass is 348 g/mol. The molecule has 2 fully saturated rings. The van der Waals surface area contributed by atoms with Gasteiger partial charge >= 0.3 is 0 Å². The second kappa shape index (κ2) is 5.70. The van der Waals surface area contributed by atoms with Crippen LogP contribution in [0, 0.1) is 11.8 Å². The molecule has 0 radical (unpaired) electrons. The summed E-state index contributed by atoms with van der Waals surface area (Å²) < 4.78 is 28.1. The molecular weight excluding hydrogens is 331 g/mol. The summed E-state index contributed by atoms with van der Waals surface area (Å²) in [5, 5.41) is 0.525. The number of benzene rings is 1. The Labute approximate surface area is 135 Å². The molecule has 0 aromatic heterocycles. The van der Waals surface area contributed by atoms with Crippen molar-refractivity contribution in [1.82, 2.24) is 4.72 Å². The normalized spacial score (nSPS) is 19.2. The number of nitrogens with two attached hydrogens (primary N) is 1. The lowest BCUT2D eigenvalue weighted by Gasteiger charge is -2.19. The summed E-state index contributed by atoms with van der Waals surface area (Å²) in [5.74, 6) is 0.958. The van der Waals surface area contributed by atoms with Crippen molar-refractivity contribution in [1.29, 1.82) is 0 Å². The van der Waals surface area contributed by atoms with Crippen LogP contribution in [0.5, 0.6) is 0 Å². The highest BCUT2D eigenvalue weighted by Gasteiger charge is 2.43. The van der Waals surface area contributed by atoms with Crippen molar-refractivity contribution in [2.45, 2.75) is 43.2 Å². The molecule has 2 aliphatic carbocycles. The molecule has 0 heterocycles. The summed E-state index contributed by atoms with van der Waals surface area (Å²) in [6, 6.07) is 2.97. The van der Waals surface area contributed by atoms with Crippen molar-refractivity contribution in [3.8, 4) is 0 Å². The van der Waals surface area contributed by atoms with Crippen molar-refractivity contribution >= 4 is 33.2 Å². The zero-order valence-electron chi connectivity index (χ0n) is 11.5. The van der Waals surface area contributed by atoms with Gasteiger partial charge in [-0.15, -0.1) is 0 Å². The molecule has 0 amide bonds. The number of halogens is 2. The quantitative estimate of drug-likeness (QED) is 0.829. The van der Waals surface area contributed by atoms with Crippen LogP contribution in [0.25, 0.3) is 0 Å². The molecule has 4 nitrogen and oxygen atoms in total. The molecule has 3 N–H and O–H groups in total. The van der Waals surface area contributed by atoms with Gasteiger partial charge in [-0.05, 0) is 55.2 Å². The van der Waals surface area contributed by atoms with Gasteiger partial charge < -0.3 is 5.73 Å². The molecule has 3 rings (SSSR count). The molecule has 7 heteroatoms. The zero-order valence-corrected chi connectivity index (χ0v) is 13.8. The lowest BCUT2D eigenvalue weighted by Crippen LogP contribution is -2.38. The molecule has 1 aromatic carbocycles. The summed E-state index contributed by atoms with van der Waals surface area (Å²) in [5.41, 5.74) is 6.17. The van der Waals surface area contributed by atoms with Crippen molar-refractivity contribution in [2.75, 3.05) is 0 Å². The fraction of sp³-hybridized carbons (Fsp3) is 0.571. The van der Waals surface area contributed by atoms with Gasteiger partial charge in [0, 0.05) is 17.6 Å². The standard InChI is InChI=1S/C14H18Cl2N2O2S/c15-11-6-12(16)13(5-10(11)7-17)21(19,20)18-14(8-1-2-8)9-3-4-9/h5-6,8-9,14,18H,1-4,7,17H2. The van der Waals surface area contributed by atoms with Crippen molar-refractivity contribution < 1.29 is 8.42 Å². The highest BCUT2D eigenvalue weighted by Crippen LogP contribution is 2.45. The fourth-order valence-corrected chi connectivity index (χ4v) is 4.91. The Bertz CT molecular complexity index is 643. The third-order valence-corrected chi connectivity index (χ3v) is 6.44. The molecule has 21 heavy (non-hydrogen) atoms. The Morgan fingerprint density at radius 3 is 2.19 bits per heavy atom. The Morgan fingerprint density at radius 1 is 1.14 bits per heavy atom. The van der Waals surface area contributed by atoms with Crippen molar-refractivity contribution in [2.24, 2.45) is 17.6 Å². The second-order valence-electron chi connectivity index (χ2n) is 5.90. The van der Waals surface area contributed by atoms with Gasteiger partial charge in [-0.25, -0.2) is 13.1 Å². The first kappa shape index (κ1) is 15.6. The predicted octanol–water partition coefficient (Wildman–Crippen LogP) is 2.92. The second-order valence-corrected chi connectivity index (χ2v) is 8.40. The minimum atomic E-state index is -3.65. The predicted molar refractivity (Wildman–Crippen MR) is 83.9 cm³/mol. The van der Waals surface area contributed by atoms with E-state index in [1.807, 2.05) is 0 Å². The van der Waals surface area contributed by atoms with Crippen LogP contribution in [0.4, 0.5) is 0 Å². The molecule has 116 valence electrons. The van der Waals surface area contributed by atoms with Gasteiger partial charge in [0.25, 0.3) is 0 Å². The first-order chi connectivity index (χ1) is 9.92. The summed E-state index contributed by atoms with van der Waals surface area (Å²) in [6.45, 7) is 0.174. The van der Waals surface area contributed by atoms with E-state index in [2.05, 4.69) is 4.72 Å². The largest absolute Gasteiger partial charge is 0.326 e. The van der Waals surface area contributed by atoms with E-state index in [0.717, 1.165) is 25.7 Å². The average molecular weight is 349 g/mol. The minimum Gasteiger partial charge on any atom is -0.326 e. The number of nitrogens with one attached hydrogen (secondary N) is 1. The van der Waals surface area contributed by atoms with Crippen LogP contribution < -0.4 is 10.5 Å². The average Bonchev–Trinajstić information content (AvgIpc) is 3.27. The van der Waals surface area contributed by atoms with E-state index in [9.17, 15) is 8.42 Å². The number of rotatable bonds is 6. The molecule has 1 aromatic rings. The molecule has 0 spiro atoms. The number of hydrogen-bond donors (Lipinski definition) is 2. The molecule has 0 atom stereocenters. The van der Waals surface area contributed by atoms with Gasteiger partial charge in [0.2, 0.25) is 10.0 Å². The van der Waals surface area contributed by atoms with Gasteiger partial charge in [0.1, 0.15) is 4.90 Å². The SMILES string of the molecule is NCc1cc(S(=O)(=O)NC(C2CC2)C2CC2)c(Cl)cc1Cl. The summed E-state index contributed by atoms with van der Waals surface area (Å²) in [7, 11) is -3.65. The van der Waals surface area contributed by atoms with Gasteiger partial charge in [-0.3, -0.25) is 0 Å². The molecule has 0 aliphatic heterocycles. The Balaban J connectivity index is 1.90. The zero-order chi connectivity index (χ0) is 15.2. The third-order valence-electron chi connectivity index (χ3n) is 4.16. The van der Waals surface area contributed by atoms with Gasteiger partial charge in [0.05, 0.1) is 5.02 Å². The van der Waals surface area contributed by atoms with E-state index < -0.39 is 10.0 Å².